The summed E-state index contributed by atoms with van der Waals surface area (Å²) in [5.74, 6) is -1.03. The Labute approximate surface area is 127 Å². The molecule has 0 bridgehead atoms. The summed E-state index contributed by atoms with van der Waals surface area (Å²) in [5.41, 5.74) is 1.22. The number of carbonyl (C=O) groups excluding carboxylic acids is 2. The molecule has 3 rings (SSSR count). The van der Waals surface area contributed by atoms with Crippen molar-refractivity contribution in [3.63, 3.8) is 0 Å². The molecule has 2 N–H and O–H groups in total. The van der Waals surface area contributed by atoms with Crippen LogP contribution in [0.25, 0.3) is 0 Å². The third-order valence-corrected chi connectivity index (χ3v) is 3.38. The van der Waals surface area contributed by atoms with Gasteiger partial charge in [0.2, 0.25) is 0 Å². The molecular weight excluding hydrogens is 283 g/mol. The minimum atomic E-state index is -0.467. The van der Waals surface area contributed by atoms with Gasteiger partial charge >= 0.3 is 0 Å². The Hall–Kier alpha value is -2.69. The van der Waals surface area contributed by atoms with E-state index in [0.29, 0.717) is 11.3 Å². The maximum Gasteiger partial charge on any atom is 0.255 e. The lowest BCUT2D eigenvalue weighted by molar-refractivity contribution is 0.0949. The minimum Gasteiger partial charge on any atom is -0.349 e. The third-order valence-electron chi connectivity index (χ3n) is 3.38. The second kappa shape index (κ2) is 5.97. The molecule has 0 aliphatic heterocycles. The minimum absolute atomic E-state index is 0.149. The molecule has 0 heterocycles. The van der Waals surface area contributed by atoms with Gasteiger partial charge in [-0.05, 0) is 49.2 Å². The van der Waals surface area contributed by atoms with E-state index < -0.39 is 11.7 Å². The van der Waals surface area contributed by atoms with Crippen LogP contribution < -0.4 is 10.6 Å². The van der Waals surface area contributed by atoms with E-state index in [1.165, 1.54) is 24.3 Å². The number of anilines is 1. The maximum atomic E-state index is 13.1. The number of benzene rings is 2. The first-order valence-corrected chi connectivity index (χ1v) is 7.10. The smallest absolute Gasteiger partial charge is 0.255 e. The molecule has 0 spiro atoms. The Morgan fingerprint density at radius 3 is 2.32 bits per heavy atom. The monoisotopic (exact) mass is 298 g/mol. The average Bonchev–Trinajstić information content (AvgIpc) is 3.31. The van der Waals surface area contributed by atoms with E-state index in [-0.39, 0.29) is 17.5 Å². The van der Waals surface area contributed by atoms with Crippen molar-refractivity contribution in [2.24, 2.45) is 0 Å². The first-order chi connectivity index (χ1) is 10.6. The van der Waals surface area contributed by atoms with Gasteiger partial charge in [0.25, 0.3) is 11.8 Å². The van der Waals surface area contributed by atoms with Crippen molar-refractivity contribution >= 4 is 17.5 Å². The van der Waals surface area contributed by atoms with Gasteiger partial charge < -0.3 is 10.6 Å². The van der Waals surface area contributed by atoms with Crippen LogP contribution in [0.1, 0.15) is 33.6 Å². The van der Waals surface area contributed by atoms with Crippen molar-refractivity contribution in [1.29, 1.82) is 0 Å². The highest BCUT2D eigenvalue weighted by atomic mass is 19.1. The Kier molecular flexibility index (Phi) is 3.87. The number of rotatable bonds is 4. The SMILES string of the molecule is O=C(Nc1cccc(C(=O)NC2CC2)c1)c1cccc(F)c1. The quantitative estimate of drug-likeness (QED) is 0.911. The van der Waals surface area contributed by atoms with Crippen LogP contribution in [-0.2, 0) is 0 Å². The van der Waals surface area contributed by atoms with E-state index in [4.69, 9.17) is 0 Å². The van der Waals surface area contributed by atoms with Crippen LogP contribution in [0.2, 0.25) is 0 Å². The molecule has 2 amide bonds. The van der Waals surface area contributed by atoms with Crippen molar-refractivity contribution in [2.75, 3.05) is 5.32 Å². The topological polar surface area (TPSA) is 58.2 Å². The maximum absolute atomic E-state index is 13.1. The number of amides is 2. The standard InChI is InChI=1S/C17H15FN2O2/c18-13-5-1-3-11(9-13)16(21)20-15-6-2-4-12(10-15)17(22)19-14-7-8-14/h1-6,9-10,14H,7-8H2,(H,19,22)(H,20,21). The fourth-order valence-corrected chi connectivity index (χ4v) is 2.07. The Morgan fingerprint density at radius 2 is 1.64 bits per heavy atom. The summed E-state index contributed by atoms with van der Waals surface area (Å²) in [6.45, 7) is 0. The normalized spacial score (nSPS) is 13.5. The first-order valence-electron chi connectivity index (χ1n) is 7.10. The molecule has 22 heavy (non-hydrogen) atoms. The number of nitrogens with one attached hydrogen (secondary N) is 2. The zero-order valence-corrected chi connectivity index (χ0v) is 11.8. The van der Waals surface area contributed by atoms with E-state index in [1.54, 1.807) is 24.3 Å². The molecule has 5 heteroatoms. The van der Waals surface area contributed by atoms with Crippen molar-refractivity contribution < 1.29 is 14.0 Å². The molecular formula is C17H15FN2O2. The summed E-state index contributed by atoms with van der Waals surface area (Å²) in [6.07, 6.45) is 2.03. The number of hydrogen-bond acceptors (Lipinski definition) is 2. The number of carbonyl (C=O) groups is 2. The zero-order valence-electron chi connectivity index (χ0n) is 11.8. The van der Waals surface area contributed by atoms with Gasteiger partial charge in [-0.25, -0.2) is 4.39 Å². The summed E-state index contributed by atoms with van der Waals surface area (Å²) in [5, 5.41) is 5.55. The molecule has 0 atom stereocenters. The lowest BCUT2D eigenvalue weighted by Gasteiger charge is -2.08. The molecule has 0 unspecified atom stereocenters. The molecule has 0 saturated heterocycles. The van der Waals surface area contributed by atoms with Gasteiger partial charge in [0.1, 0.15) is 5.82 Å². The van der Waals surface area contributed by atoms with Gasteiger partial charge in [0.05, 0.1) is 0 Å². The predicted molar refractivity (Wildman–Crippen MR) is 81.3 cm³/mol. The summed E-state index contributed by atoms with van der Waals surface area (Å²) >= 11 is 0. The molecule has 112 valence electrons. The van der Waals surface area contributed by atoms with Gasteiger partial charge in [-0.15, -0.1) is 0 Å². The van der Waals surface area contributed by atoms with E-state index in [2.05, 4.69) is 10.6 Å². The Bertz CT molecular complexity index is 726. The second-order valence-corrected chi connectivity index (χ2v) is 5.29. The third kappa shape index (κ3) is 3.49. The van der Waals surface area contributed by atoms with Crippen LogP contribution in [0.3, 0.4) is 0 Å². The van der Waals surface area contributed by atoms with E-state index in [9.17, 15) is 14.0 Å². The average molecular weight is 298 g/mol. The Morgan fingerprint density at radius 1 is 0.955 bits per heavy atom. The van der Waals surface area contributed by atoms with Gasteiger partial charge in [0.15, 0.2) is 0 Å². The Balaban J connectivity index is 1.72. The lowest BCUT2D eigenvalue weighted by Crippen LogP contribution is -2.25. The molecule has 2 aromatic rings. The van der Waals surface area contributed by atoms with Crippen molar-refractivity contribution in [3.05, 3.63) is 65.5 Å². The summed E-state index contributed by atoms with van der Waals surface area (Å²) in [4.78, 5) is 24.0. The number of halogens is 1. The first kappa shape index (κ1) is 14.3. The van der Waals surface area contributed by atoms with Crippen LogP contribution in [0.5, 0.6) is 0 Å². The molecule has 0 aromatic heterocycles. The molecule has 0 radical (unpaired) electrons. The van der Waals surface area contributed by atoms with Crippen LogP contribution in [-0.4, -0.2) is 17.9 Å². The van der Waals surface area contributed by atoms with Crippen LogP contribution >= 0.6 is 0 Å². The highest BCUT2D eigenvalue weighted by molar-refractivity contribution is 6.05. The van der Waals surface area contributed by atoms with Gasteiger partial charge in [-0.2, -0.15) is 0 Å². The van der Waals surface area contributed by atoms with E-state index >= 15 is 0 Å². The van der Waals surface area contributed by atoms with E-state index in [1.807, 2.05) is 0 Å². The molecule has 1 aliphatic rings. The van der Waals surface area contributed by atoms with Crippen LogP contribution in [0.15, 0.2) is 48.5 Å². The second-order valence-electron chi connectivity index (χ2n) is 5.29. The van der Waals surface area contributed by atoms with Crippen LogP contribution in [0, 0.1) is 5.82 Å². The fourth-order valence-electron chi connectivity index (χ4n) is 2.07. The largest absolute Gasteiger partial charge is 0.349 e. The highest BCUT2D eigenvalue weighted by Crippen LogP contribution is 2.20. The summed E-state index contributed by atoms with van der Waals surface area (Å²) < 4.78 is 13.1. The van der Waals surface area contributed by atoms with E-state index in [0.717, 1.165) is 12.8 Å². The molecule has 1 aliphatic carbocycles. The predicted octanol–water partition coefficient (Wildman–Crippen LogP) is 2.97. The number of hydrogen-bond donors (Lipinski definition) is 2. The molecule has 2 aromatic carbocycles. The van der Waals surface area contributed by atoms with Crippen molar-refractivity contribution in [3.8, 4) is 0 Å². The van der Waals surface area contributed by atoms with Gasteiger partial charge in [-0.1, -0.05) is 12.1 Å². The van der Waals surface area contributed by atoms with Crippen molar-refractivity contribution in [2.45, 2.75) is 18.9 Å². The molecule has 1 saturated carbocycles. The fraction of sp³-hybridized carbons (Fsp3) is 0.176. The van der Waals surface area contributed by atoms with Gasteiger partial charge in [-0.3, -0.25) is 9.59 Å². The van der Waals surface area contributed by atoms with Gasteiger partial charge in [0, 0.05) is 22.9 Å². The van der Waals surface area contributed by atoms with Crippen molar-refractivity contribution in [1.82, 2.24) is 5.32 Å². The molecule has 1 fully saturated rings. The summed E-state index contributed by atoms with van der Waals surface area (Å²) in [6, 6.07) is 12.4. The molecule has 4 nitrogen and oxygen atoms in total. The lowest BCUT2D eigenvalue weighted by atomic mass is 10.1. The van der Waals surface area contributed by atoms with Crippen LogP contribution in [0.4, 0.5) is 10.1 Å². The summed E-state index contributed by atoms with van der Waals surface area (Å²) in [7, 11) is 0. The highest BCUT2D eigenvalue weighted by Gasteiger charge is 2.23. The zero-order chi connectivity index (χ0) is 15.5.